The quantitative estimate of drug-likeness (QED) is 0.501. The van der Waals surface area contributed by atoms with Crippen LogP contribution in [-0.4, -0.2) is 22.1 Å². The molecule has 0 saturated carbocycles. The van der Waals surface area contributed by atoms with Crippen LogP contribution in [0.1, 0.15) is 67.9 Å². The number of hydrogen-bond donors (Lipinski definition) is 2. The number of aromatic hydroxyl groups is 1. The van der Waals surface area contributed by atoms with E-state index in [1.165, 1.54) is 4.57 Å². The highest BCUT2D eigenvalue weighted by Gasteiger charge is 2.21. The molecule has 2 rings (SSSR count). The van der Waals surface area contributed by atoms with Gasteiger partial charge in [-0.3, -0.25) is 14.2 Å². The number of rotatable bonds is 10. The molecule has 1 aromatic heterocycles. The normalized spacial score (nSPS) is 12.0. The average molecular weight is 438 g/mol. The van der Waals surface area contributed by atoms with Crippen molar-refractivity contribution in [1.29, 1.82) is 5.26 Å². The standard InChI is InChI=1S/C24H31N5O3/c1-5-8-9-17(6-2)15-29-23(31)20(14-25)16(4)21(24(29)32)28-27-19-12-10-18(11-13-19)22(30)26-7-3/h10-13,17,32H,5-9,15H2,1-4H3,(H,26,30)/b28-27+. The van der Waals surface area contributed by atoms with Gasteiger partial charge in [-0.25, -0.2) is 0 Å². The minimum absolute atomic E-state index is 0.0475. The fourth-order valence-corrected chi connectivity index (χ4v) is 3.45. The fourth-order valence-electron chi connectivity index (χ4n) is 3.45. The lowest BCUT2D eigenvalue weighted by Gasteiger charge is -2.19. The highest BCUT2D eigenvalue weighted by atomic mass is 16.3. The Morgan fingerprint density at radius 2 is 1.91 bits per heavy atom. The minimum Gasteiger partial charge on any atom is -0.493 e. The van der Waals surface area contributed by atoms with Crippen molar-refractivity contribution in [3.8, 4) is 11.9 Å². The molecule has 32 heavy (non-hydrogen) atoms. The van der Waals surface area contributed by atoms with Gasteiger partial charge in [0, 0.05) is 24.2 Å². The fraction of sp³-hybridized carbons (Fsp3) is 0.458. The summed E-state index contributed by atoms with van der Waals surface area (Å²) in [5.74, 6) is -0.257. The predicted octanol–water partition coefficient (Wildman–Crippen LogP) is 5.12. The smallest absolute Gasteiger partial charge is 0.271 e. The van der Waals surface area contributed by atoms with Crippen LogP contribution >= 0.6 is 0 Å². The van der Waals surface area contributed by atoms with Crippen molar-refractivity contribution in [2.45, 2.75) is 59.9 Å². The van der Waals surface area contributed by atoms with Crippen molar-refractivity contribution in [1.82, 2.24) is 9.88 Å². The number of nitriles is 1. The van der Waals surface area contributed by atoms with Crippen LogP contribution in [0.15, 0.2) is 39.3 Å². The summed E-state index contributed by atoms with van der Waals surface area (Å²) in [6, 6.07) is 8.49. The van der Waals surface area contributed by atoms with Crippen molar-refractivity contribution in [3.63, 3.8) is 0 Å². The molecule has 0 aliphatic heterocycles. The van der Waals surface area contributed by atoms with E-state index in [4.69, 9.17) is 0 Å². The van der Waals surface area contributed by atoms with E-state index in [2.05, 4.69) is 22.5 Å². The van der Waals surface area contributed by atoms with Crippen molar-refractivity contribution in [2.24, 2.45) is 16.1 Å². The van der Waals surface area contributed by atoms with Crippen LogP contribution in [0.3, 0.4) is 0 Å². The van der Waals surface area contributed by atoms with Gasteiger partial charge in [-0.1, -0.05) is 33.1 Å². The van der Waals surface area contributed by atoms with Gasteiger partial charge in [0.15, 0.2) is 5.69 Å². The third kappa shape index (κ3) is 5.82. The van der Waals surface area contributed by atoms with Gasteiger partial charge in [0.05, 0.1) is 5.69 Å². The van der Waals surface area contributed by atoms with Crippen molar-refractivity contribution >= 4 is 17.3 Å². The molecule has 2 aromatic rings. The SMILES string of the molecule is CCCCC(CC)Cn1c(O)c(/N=N/c2ccc(C(=O)NCC)cc2)c(C)c(C#N)c1=O. The number of carbonyl (C=O) groups excluding carboxylic acids is 1. The highest BCUT2D eigenvalue weighted by Crippen LogP contribution is 2.33. The van der Waals surface area contributed by atoms with Gasteiger partial charge in [0.2, 0.25) is 5.88 Å². The Balaban J connectivity index is 2.42. The lowest BCUT2D eigenvalue weighted by molar-refractivity contribution is 0.0956. The molecule has 2 N–H and O–H groups in total. The summed E-state index contributed by atoms with van der Waals surface area (Å²) in [5.41, 5.74) is 0.802. The zero-order valence-corrected chi connectivity index (χ0v) is 19.2. The molecule has 0 bridgehead atoms. The van der Waals surface area contributed by atoms with E-state index in [1.54, 1.807) is 31.2 Å². The summed E-state index contributed by atoms with van der Waals surface area (Å²) in [4.78, 5) is 24.7. The number of nitrogens with zero attached hydrogens (tertiary/aromatic N) is 4. The Labute approximate surface area is 188 Å². The molecule has 0 radical (unpaired) electrons. The zero-order chi connectivity index (χ0) is 23.7. The summed E-state index contributed by atoms with van der Waals surface area (Å²) < 4.78 is 1.24. The topological polar surface area (TPSA) is 120 Å². The second-order valence-corrected chi connectivity index (χ2v) is 7.72. The lowest BCUT2D eigenvalue weighted by atomic mass is 9.99. The first-order chi connectivity index (χ1) is 15.4. The molecular weight excluding hydrogens is 406 g/mol. The number of aromatic nitrogens is 1. The summed E-state index contributed by atoms with van der Waals surface area (Å²) in [6.45, 7) is 8.43. The average Bonchev–Trinajstić information content (AvgIpc) is 2.79. The molecule has 1 unspecified atom stereocenters. The molecule has 0 aliphatic carbocycles. The Kier molecular flexibility index (Phi) is 9.14. The number of carbonyl (C=O) groups is 1. The van der Waals surface area contributed by atoms with Crippen LogP contribution in [0.25, 0.3) is 0 Å². The molecule has 1 amide bonds. The van der Waals surface area contributed by atoms with E-state index >= 15 is 0 Å². The molecule has 170 valence electrons. The Morgan fingerprint density at radius 3 is 2.47 bits per heavy atom. The monoisotopic (exact) mass is 437 g/mol. The number of hydrogen-bond acceptors (Lipinski definition) is 6. The van der Waals surface area contributed by atoms with E-state index in [1.807, 2.05) is 19.9 Å². The molecule has 0 fully saturated rings. The van der Waals surface area contributed by atoms with E-state index in [-0.39, 0.29) is 34.5 Å². The Morgan fingerprint density at radius 1 is 1.22 bits per heavy atom. The van der Waals surface area contributed by atoms with Crippen LogP contribution in [0.2, 0.25) is 0 Å². The molecular formula is C24H31N5O3. The van der Waals surface area contributed by atoms with Gasteiger partial charge in [-0.2, -0.15) is 10.4 Å². The van der Waals surface area contributed by atoms with Crippen LogP contribution in [0, 0.1) is 24.2 Å². The maximum atomic E-state index is 12.8. The first-order valence-corrected chi connectivity index (χ1v) is 11.0. The summed E-state index contributed by atoms with van der Waals surface area (Å²) in [6.07, 6.45) is 3.87. The van der Waals surface area contributed by atoms with Gasteiger partial charge in [0.1, 0.15) is 11.6 Å². The number of unbranched alkanes of at least 4 members (excludes halogenated alkanes) is 1. The largest absolute Gasteiger partial charge is 0.493 e. The van der Waals surface area contributed by atoms with Crippen molar-refractivity contribution < 1.29 is 9.90 Å². The predicted molar refractivity (Wildman–Crippen MR) is 124 cm³/mol. The number of amides is 1. The van der Waals surface area contributed by atoms with Gasteiger partial charge in [-0.15, -0.1) is 5.11 Å². The molecule has 1 atom stereocenters. The van der Waals surface area contributed by atoms with E-state index in [0.29, 0.717) is 24.3 Å². The second kappa shape index (κ2) is 11.8. The van der Waals surface area contributed by atoms with Gasteiger partial charge in [-0.05, 0) is 50.5 Å². The number of nitrogens with one attached hydrogen (secondary N) is 1. The first-order valence-electron chi connectivity index (χ1n) is 11.0. The molecule has 0 aliphatic rings. The first kappa shape index (κ1) is 24.8. The van der Waals surface area contributed by atoms with Crippen LogP contribution in [-0.2, 0) is 6.54 Å². The lowest BCUT2D eigenvalue weighted by Crippen LogP contribution is -2.27. The molecule has 8 heteroatoms. The minimum atomic E-state index is -0.511. The van der Waals surface area contributed by atoms with Crippen LogP contribution < -0.4 is 10.9 Å². The van der Waals surface area contributed by atoms with E-state index in [9.17, 15) is 20.0 Å². The molecule has 1 heterocycles. The van der Waals surface area contributed by atoms with Gasteiger partial charge < -0.3 is 10.4 Å². The summed E-state index contributed by atoms with van der Waals surface area (Å²) in [5, 5.41) is 31.4. The third-order valence-electron chi connectivity index (χ3n) is 5.48. The molecule has 0 spiro atoms. The van der Waals surface area contributed by atoms with Crippen molar-refractivity contribution in [3.05, 3.63) is 51.3 Å². The molecule has 0 saturated heterocycles. The van der Waals surface area contributed by atoms with Gasteiger partial charge in [0.25, 0.3) is 11.5 Å². The van der Waals surface area contributed by atoms with Crippen molar-refractivity contribution in [2.75, 3.05) is 6.54 Å². The maximum absolute atomic E-state index is 12.8. The van der Waals surface area contributed by atoms with Gasteiger partial charge >= 0.3 is 0 Å². The Hall–Kier alpha value is -3.47. The highest BCUT2D eigenvalue weighted by molar-refractivity contribution is 5.94. The number of azo groups is 1. The maximum Gasteiger partial charge on any atom is 0.271 e. The number of pyridine rings is 1. The molecule has 1 aromatic carbocycles. The zero-order valence-electron chi connectivity index (χ0n) is 19.2. The van der Waals surface area contributed by atoms with E-state index < -0.39 is 5.56 Å². The summed E-state index contributed by atoms with van der Waals surface area (Å²) >= 11 is 0. The number of benzene rings is 1. The second-order valence-electron chi connectivity index (χ2n) is 7.72. The van der Waals surface area contributed by atoms with Crippen LogP contribution in [0.5, 0.6) is 5.88 Å². The summed E-state index contributed by atoms with van der Waals surface area (Å²) in [7, 11) is 0. The Bertz CT molecular complexity index is 1070. The molecule has 8 nitrogen and oxygen atoms in total. The van der Waals surface area contributed by atoms with Crippen LogP contribution in [0.4, 0.5) is 11.4 Å². The van der Waals surface area contributed by atoms with E-state index in [0.717, 1.165) is 25.7 Å². The third-order valence-corrected chi connectivity index (χ3v) is 5.48.